The standard InChI is InChI=1S/C10H16O3/c1-7(11)5-6-10(4,8(2)12)9(3)13/h5-6H2,1-4H3. The van der Waals surface area contributed by atoms with Gasteiger partial charge in [-0.2, -0.15) is 0 Å². The molecule has 3 nitrogen and oxygen atoms in total. The summed E-state index contributed by atoms with van der Waals surface area (Å²) in [5, 5.41) is 0. The maximum Gasteiger partial charge on any atom is 0.143 e. The second kappa shape index (κ2) is 4.30. The van der Waals surface area contributed by atoms with Crippen LogP contribution in [-0.4, -0.2) is 17.3 Å². The third-order valence-corrected chi connectivity index (χ3v) is 2.53. The van der Waals surface area contributed by atoms with Crippen LogP contribution in [0.5, 0.6) is 0 Å². The molecule has 13 heavy (non-hydrogen) atoms. The predicted octanol–water partition coefficient (Wildman–Crippen LogP) is 1.54. The molecule has 0 unspecified atom stereocenters. The van der Waals surface area contributed by atoms with Gasteiger partial charge in [0.25, 0.3) is 0 Å². The molecule has 0 atom stereocenters. The van der Waals surface area contributed by atoms with Crippen LogP contribution in [0.4, 0.5) is 0 Å². The van der Waals surface area contributed by atoms with Crippen molar-refractivity contribution in [1.82, 2.24) is 0 Å². The van der Waals surface area contributed by atoms with Gasteiger partial charge in [-0.05, 0) is 34.1 Å². The summed E-state index contributed by atoms with van der Waals surface area (Å²) in [6.45, 7) is 5.84. The number of rotatable bonds is 5. The van der Waals surface area contributed by atoms with Crippen LogP contribution in [0.15, 0.2) is 0 Å². The number of hydrogen-bond acceptors (Lipinski definition) is 3. The van der Waals surface area contributed by atoms with Gasteiger partial charge >= 0.3 is 0 Å². The number of ketones is 3. The van der Waals surface area contributed by atoms with Crippen LogP contribution in [0.2, 0.25) is 0 Å². The van der Waals surface area contributed by atoms with Gasteiger partial charge in [0.2, 0.25) is 0 Å². The molecule has 0 amide bonds. The lowest BCUT2D eigenvalue weighted by molar-refractivity contribution is -0.137. The van der Waals surface area contributed by atoms with Crippen LogP contribution in [-0.2, 0) is 14.4 Å². The smallest absolute Gasteiger partial charge is 0.143 e. The molecule has 0 heterocycles. The fourth-order valence-corrected chi connectivity index (χ4v) is 1.03. The van der Waals surface area contributed by atoms with Crippen molar-refractivity contribution in [3.8, 4) is 0 Å². The summed E-state index contributed by atoms with van der Waals surface area (Å²) >= 11 is 0. The Labute approximate surface area is 78.5 Å². The second-order valence-electron chi connectivity index (χ2n) is 3.65. The van der Waals surface area contributed by atoms with Crippen LogP contribution in [0.1, 0.15) is 40.5 Å². The molecule has 0 aliphatic rings. The van der Waals surface area contributed by atoms with Crippen molar-refractivity contribution in [3.63, 3.8) is 0 Å². The van der Waals surface area contributed by atoms with Crippen LogP contribution in [0, 0.1) is 5.41 Å². The molecule has 74 valence electrons. The maximum absolute atomic E-state index is 11.2. The van der Waals surface area contributed by atoms with Gasteiger partial charge < -0.3 is 4.79 Å². The van der Waals surface area contributed by atoms with E-state index >= 15 is 0 Å². The zero-order chi connectivity index (χ0) is 10.6. The molecule has 0 N–H and O–H groups in total. The Morgan fingerprint density at radius 2 is 1.38 bits per heavy atom. The minimum atomic E-state index is -0.967. The van der Waals surface area contributed by atoms with Gasteiger partial charge in [0.1, 0.15) is 17.3 Å². The van der Waals surface area contributed by atoms with Gasteiger partial charge in [0.05, 0.1) is 5.41 Å². The van der Waals surface area contributed by atoms with E-state index in [1.54, 1.807) is 6.92 Å². The average Bonchev–Trinajstić information content (AvgIpc) is 1.99. The van der Waals surface area contributed by atoms with Crippen molar-refractivity contribution in [2.24, 2.45) is 5.41 Å². The van der Waals surface area contributed by atoms with E-state index in [-0.39, 0.29) is 23.8 Å². The van der Waals surface area contributed by atoms with E-state index in [0.29, 0.717) is 6.42 Å². The van der Waals surface area contributed by atoms with Gasteiger partial charge in [-0.1, -0.05) is 0 Å². The topological polar surface area (TPSA) is 51.2 Å². The first-order valence-electron chi connectivity index (χ1n) is 4.32. The Hall–Kier alpha value is -0.990. The summed E-state index contributed by atoms with van der Waals surface area (Å²) in [5.74, 6) is -0.323. The molecule has 0 rings (SSSR count). The third kappa shape index (κ3) is 3.09. The molecule has 0 spiro atoms. The van der Waals surface area contributed by atoms with E-state index in [1.807, 2.05) is 0 Å². The molecule has 0 radical (unpaired) electrons. The molecule has 0 saturated heterocycles. The minimum absolute atomic E-state index is 0.00808. The third-order valence-electron chi connectivity index (χ3n) is 2.53. The van der Waals surface area contributed by atoms with E-state index in [2.05, 4.69) is 0 Å². The Kier molecular flexibility index (Phi) is 3.98. The molecule has 0 saturated carbocycles. The van der Waals surface area contributed by atoms with Crippen molar-refractivity contribution in [2.45, 2.75) is 40.5 Å². The van der Waals surface area contributed by atoms with E-state index < -0.39 is 5.41 Å². The van der Waals surface area contributed by atoms with Crippen LogP contribution in [0.3, 0.4) is 0 Å². The number of carbonyl (C=O) groups excluding carboxylic acids is 3. The van der Waals surface area contributed by atoms with Crippen LogP contribution >= 0.6 is 0 Å². The van der Waals surface area contributed by atoms with Crippen molar-refractivity contribution in [2.75, 3.05) is 0 Å². The first-order valence-corrected chi connectivity index (χ1v) is 4.32. The van der Waals surface area contributed by atoms with Crippen LogP contribution in [0.25, 0.3) is 0 Å². The lowest BCUT2D eigenvalue weighted by Crippen LogP contribution is -2.33. The lowest BCUT2D eigenvalue weighted by Gasteiger charge is -2.22. The summed E-state index contributed by atoms with van der Waals surface area (Å²) in [6, 6.07) is 0. The van der Waals surface area contributed by atoms with Gasteiger partial charge in [-0.3, -0.25) is 9.59 Å². The number of hydrogen-bond donors (Lipinski definition) is 0. The highest BCUT2D eigenvalue weighted by atomic mass is 16.2. The summed E-state index contributed by atoms with van der Waals surface area (Å²) < 4.78 is 0. The Balaban J connectivity index is 4.52. The van der Waals surface area contributed by atoms with Gasteiger partial charge in [0.15, 0.2) is 0 Å². The van der Waals surface area contributed by atoms with Gasteiger partial charge in [-0.25, -0.2) is 0 Å². The molecule has 0 bridgehead atoms. The van der Waals surface area contributed by atoms with E-state index in [1.165, 1.54) is 20.8 Å². The molecule has 0 aromatic carbocycles. The predicted molar refractivity (Wildman–Crippen MR) is 49.4 cm³/mol. The minimum Gasteiger partial charge on any atom is -0.300 e. The molecular weight excluding hydrogens is 168 g/mol. The highest BCUT2D eigenvalue weighted by molar-refractivity contribution is 6.04. The molecule has 3 heteroatoms. The Morgan fingerprint density at radius 3 is 1.62 bits per heavy atom. The fourth-order valence-electron chi connectivity index (χ4n) is 1.03. The largest absolute Gasteiger partial charge is 0.300 e. The van der Waals surface area contributed by atoms with Crippen LogP contribution < -0.4 is 0 Å². The summed E-state index contributed by atoms with van der Waals surface area (Å²) in [4.78, 5) is 33.1. The van der Waals surface area contributed by atoms with E-state index in [4.69, 9.17) is 0 Å². The van der Waals surface area contributed by atoms with Gasteiger partial charge in [0, 0.05) is 6.42 Å². The summed E-state index contributed by atoms with van der Waals surface area (Å²) in [5.41, 5.74) is -0.967. The first kappa shape index (κ1) is 12.0. The number of Topliss-reactive ketones (excluding diaryl/α,β-unsaturated/α-hetero) is 3. The molecule has 0 aromatic heterocycles. The summed E-state index contributed by atoms with van der Waals surface area (Å²) in [7, 11) is 0. The van der Waals surface area contributed by atoms with Crippen molar-refractivity contribution < 1.29 is 14.4 Å². The monoisotopic (exact) mass is 184 g/mol. The van der Waals surface area contributed by atoms with Crippen molar-refractivity contribution >= 4 is 17.3 Å². The normalized spacial score (nSPS) is 11.1. The second-order valence-corrected chi connectivity index (χ2v) is 3.65. The molecule has 0 aliphatic carbocycles. The molecular formula is C10H16O3. The highest BCUT2D eigenvalue weighted by Gasteiger charge is 2.34. The van der Waals surface area contributed by atoms with Gasteiger partial charge in [-0.15, -0.1) is 0 Å². The SMILES string of the molecule is CC(=O)CCC(C)(C(C)=O)C(C)=O. The Morgan fingerprint density at radius 1 is 1.00 bits per heavy atom. The zero-order valence-corrected chi connectivity index (χ0v) is 8.64. The number of carbonyl (C=O) groups is 3. The highest BCUT2D eigenvalue weighted by Crippen LogP contribution is 2.25. The molecule has 0 aliphatic heterocycles. The molecule has 0 aromatic rings. The Bertz CT molecular complexity index is 227. The fraction of sp³-hybridized carbons (Fsp3) is 0.700. The summed E-state index contributed by atoms with van der Waals surface area (Å²) in [6.07, 6.45) is 0.614. The zero-order valence-electron chi connectivity index (χ0n) is 8.64. The lowest BCUT2D eigenvalue weighted by atomic mass is 9.78. The van der Waals surface area contributed by atoms with Crippen molar-refractivity contribution in [1.29, 1.82) is 0 Å². The average molecular weight is 184 g/mol. The van der Waals surface area contributed by atoms with E-state index in [9.17, 15) is 14.4 Å². The van der Waals surface area contributed by atoms with Crippen molar-refractivity contribution in [3.05, 3.63) is 0 Å². The van der Waals surface area contributed by atoms with E-state index in [0.717, 1.165) is 0 Å². The maximum atomic E-state index is 11.2. The molecule has 0 fully saturated rings. The first-order chi connectivity index (χ1) is 5.80. The quantitative estimate of drug-likeness (QED) is 0.609.